The van der Waals surface area contributed by atoms with E-state index in [-0.39, 0.29) is 30.6 Å². The summed E-state index contributed by atoms with van der Waals surface area (Å²) in [6.07, 6.45) is -0.0455. The number of aliphatic carboxylic acids is 1. The second kappa shape index (κ2) is 6.17. The molecule has 5 heteroatoms. The van der Waals surface area contributed by atoms with Crippen LogP contribution >= 0.6 is 0 Å². The van der Waals surface area contributed by atoms with E-state index in [2.05, 4.69) is 0 Å². The third kappa shape index (κ3) is 3.66. The average Bonchev–Trinajstić information content (AvgIpc) is 2.45. The van der Waals surface area contributed by atoms with Gasteiger partial charge in [0.15, 0.2) is 0 Å². The van der Waals surface area contributed by atoms with Gasteiger partial charge in [-0.05, 0) is 35.4 Å². The van der Waals surface area contributed by atoms with Crippen LogP contribution in [0.1, 0.15) is 29.6 Å². The molecule has 21 heavy (non-hydrogen) atoms. The Labute approximate surface area is 120 Å². The van der Waals surface area contributed by atoms with Gasteiger partial charge in [0.2, 0.25) is 11.6 Å². The zero-order valence-corrected chi connectivity index (χ0v) is 11.2. The number of carboxylic acids is 1. The highest BCUT2D eigenvalue weighted by Crippen LogP contribution is 2.21. The topological polar surface area (TPSA) is 91.7 Å². The lowest BCUT2D eigenvalue weighted by atomic mass is 10.00. The second-order valence-corrected chi connectivity index (χ2v) is 4.75. The Morgan fingerprint density at radius 1 is 0.905 bits per heavy atom. The molecule has 0 fully saturated rings. The Morgan fingerprint density at radius 2 is 1.57 bits per heavy atom. The van der Waals surface area contributed by atoms with Crippen molar-refractivity contribution < 1.29 is 24.6 Å². The van der Waals surface area contributed by atoms with Gasteiger partial charge in [-0.2, -0.15) is 0 Å². The van der Waals surface area contributed by atoms with Gasteiger partial charge in [0.05, 0.1) is 0 Å². The number of hydrogen-bond donors (Lipinski definition) is 2. The highest BCUT2D eigenvalue weighted by Gasteiger charge is 2.16. The third-order valence-corrected chi connectivity index (χ3v) is 3.13. The van der Waals surface area contributed by atoms with Gasteiger partial charge in [-0.1, -0.05) is 18.2 Å². The largest absolute Gasteiger partial charge is 0.508 e. The molecule has 0 saturated heterocycles. The summed E-state index contributed by atoms with van der Waals surface area (Å²) in [6.45, 7) is 0. The van der Waals surface area contributed by atoms with Crippen molar-refractivity contribution >= 4 is 28.3 Å². The van der Waals surface area contributed by atoms with Crippen molar-refractivity contribution in [2.75, 3.05) is 0 Å². The van der Waals surface area contributed by atoms with Gasteiger partial charge in [-0.3, -0.25) is 14.4 Å². The lowest BCUT2D eigenvalue weighted by Crippen LogP contribution is -2.14. The molecule has 0 aromatic heterocycles. The van der Waals surface area contributed by atoms with E-state index in [1.165, 1.54) is 12.1 Å². The maximum absolute atomic E-state index is 12.0. The Kier molecular flexibility index (Phi) is 4.33. The lowest BCUT2D eigenvalue weighted by molar-refractivity contribution is -0.137. The van der Waals surface area contributed by atoms with Gasteiger partial charge in [0.25, 0.3) is 0 Å². The van der Waals surface area contributed by atoms with Crippen LogP contribution in [-0.2, 0) is 9.59 Å². The molecule has 0 bridgehead atoms. The predicted octanol–water partition coefficient (Wildman–Crippen LogP) is 2.55. The predicted molar refractivity (Wildman–Crippen MR) is 76.4 cm³/mol. The fourth-order valence-electron chi connectivity index (χ4n) is 2.05. The van der Waals surface area contributed by atoms with Crippen LogP contribution in [0, 0.1) is 0 Å². The molecule has 108 valence electrons. The fraction of sp³-hybridized carbons (Fsp3) is 0.188. The molecule has 0 unspecified atom stereocenters. The van der Waals surface area contributed by atoms with Gasteiger partial charge < -0.3 is 10.2 Å². The first-order valence-electron chi connectivity index (χ1n) is 6.49. The van der Waals surface area contributed by atoms with E-state index in [9.17, 15) is 19.5 Å². The number of phenolic OH excluding ortho intramolecular Hbond substituents is 1. The molecule has 5 nitrogen and oxygen atoms in total. The van der Waals surface area contributed by atoms with Crippen molar-refractivity contribution in [2.24, 2.45) is 0 Å². The smallest absolute Gasteiger partial charge is 0.303 e. The highest BCUT2D eigenvalue weighted by molar-refractivity contribution is 6.43. The normalized spacial score (nSPS) is 10.5. The molecule has 2 N–H and O–H groups in total. The van der Waals surface area contributed by atoms with Crippen molar-refractivity contribution in [1.82, 2.24) is 0 Å². The van der Waals surface area contributed by atoms with Gasteiger partial charge in [-0.15, -0.1) is 0 Å². The molecule has 0 saturated carbocycles. The summed E-state index contributed by atoms with van der Waals surface area (Å²) in [5.74, 6) is -2.06. The number of carbonyl (C=O) groups excluding carboxylic acids is 2. The fourth-order valence-corrected chi connectivity index (χ4v) is 2.05. The molecule has 0 aliphatic carbocycles. The maximum atomic E-state index is 12.0. The Hall–Kier alpha value is -2.69. The summed E-state index contributed by atoms with van der Waals surface area (Å²) >= 11 is 0. The van der Waals surface area contributed by atoms with Crippen LogP contribution in [0.5, 0.6) is 5.75 Å². The third-order valence-electron chi connectivity index (χ3n) is 3.13. The second-order valence-electron chi connectivity index (χ2n) is 4.75. The van der Waals surface area contributed by atoms with E-state index >= 15 is 0 Å². The van der Waals surface area contributed by atoms with E-state index in [0.717, 1.165) is 10.8 Å². The van der Waals surface area contributed by atoms with Crippen molar-refractivity contribution in [3.8, 4) is 5.75 Å². The molecule has 0 aliphatic heterocycles. The Bertz CT molecular complexity index is 718. The number of rotatable bonds is 6. The minimum atomic E-state index is -0.985. The van der Waals surface area contributed by atoms with E-state index in [1.54, 1.807) is 24.3 Å². The number of fused-ring (bicyclic) bond motifs is 1. The number of Topliss-reactive ketones (excluding diaryl/α,β-unsaturated/α-hetero) is 2. The van der Waals surface area contributed by atoms with E-state index < -0.39 is 17.5 Å². The van der Waals surface area contributed by atoms with E-state index in [1.807, 2.05) is 0 Å². The summed E-state index contributed by atoms with van der Waals surface area (Å²) in [6, 6.07) is 9.51. The van der Waals surface area contributed by atoms with Crippen LogP contribution in [0.3, 0.4) is 0 Å². The van der Waals surface area contributed by atoms with E-state index in [0.29, 0.717) is 0 Å². The molecule has 2 aromatic carbocycles. The van der Waals surface area contributed by atoms with Crippen LogP contribution in [0.25, 0.3) is 10.8 Å². The molecule has 0 atom stereocenters. The van der Waals surface area contributed by atoms with Crippen LogP contribution in [0.15, 0.2) is 36.4 Å². The number of hydrogen-bond acceptors (Lipinski definition) is 4. The molecule has 0 amide bonds. The molecule has 0 radical (unpaired) electrons. The molecule has 2 aromatic rings. The van der Waals surface area contributed by atoms with Gasteiger partial charge >= 0.3 is 5.97 Å². The average molecular weight is 286 g/mol. The molecule has 2 rings (SSSR count). The zero-order chi connectivity index (χ0) is 15.4. The maximum Gasteiger partial charge on any atom is 0.303 e. The number of carboxylic acid groups (broad SMARTS) is 1. The van der Waals surface area contributed by atoms with Crippen molar-refractivity contribution in [1.29, 1.82) is 0 Å². The lowest BCUT2D eigenvalue weighted by Gasteiger charge is -2.03. The molecular formula is C16H14O5. The Morgan fingerprint density at radius 3 is 2.29 bits per heavy atom. The summed E-state index contributed by atoms with van der Waals surface area (Å²) in [4.78, 5) is 34.1. The molecule has 0 aliphatic rings. The number of aromatic hydroxyl groups is 1. The monoisotopic (exact) mass is 286 g/mol. The summed E-state index contributed by atoms with van der Waals surface area (Å²) < 4.78 is 0. The first-order chi connectivity index (χ1) is 9.97. The summed E-state index contributed by atoms with van der Waals surface area (Å²) in [5.41, 5.74) is 0.272. The first-order valence-corrected chi connectivity index (χ1v) is 6.49. The van der Waals surface area contributed by atoms with Crippen LogP contribution in [0.4, 0.5) is 0 Å². The Balaban J connectivity index is 2.13. The van der Waals surface area contributed by atoms with Crippen LogP contribution in [0.2, 0.25) is 0 Å². The minimum absolute atomic E-state index is 0.0707. The SMILES string of the molecule is O=C(O)CCCC(=O)C(=O)c1ccc2cc(O)ccc2c1. The number of phenols is 1. The highest BCUT2D eigenvalue weighted by atomic mass is 16.4. The van der Waals surface area contributed by atoms with Crippen molar-refractivity contribution in [3.05, 3.63) is 42.0 Å². The zero-order valence-electron chi connectivity index (χ0n) is 11.2. The number of benzene rings is 2. The molecule has 0 heterocycles. The quantitative estimate of drug-likeness (QED) is 0.629. The summed E-state index contributed by atoms with van der Waals surface area (Å²) in [7, 11) is 0. The standard InChI is InChI=1S/C16H14O5/c17-13-7-6-10-8-12(5-4-11(10)9-13)16(21)14(18)2-1-3-15(19)20/h4-9,17H,1-3H2,(H,19,20). The summed E-state index contributed by atoms with van der Waals surface area (Å²) in [5, 5.41) is 19.4. The van der Waals surface area contributed by atoms with Crippen molar-refractivity contribution in [2.45, 2.75) is 19.3 Å². The van der Waals surface area contributed by atoms with Gasteiger partial charge in [0.1, 0.15) is 5.75 Å². The number of ketones is 2. The molecular weight excluding hydrogens is 272 g/mol. The molecule has 0 spiro atoms. The number of carbonyl (C=O) groups is 3. The minimum Gasteiger partial charge on any atom is -0.508 e. The van der Waals surface area contributed by atoms with Gasteiger partial charge in [0, 0.05) is 18.4 Å². The van der Waals surface area contributed by atoms with Crippen molar-refractivity contribution in [3.63, 3.8) is 0 Å². The van der Waals surface area contributed by atoms with E-state index in [4.69, 9.17) is 5.11 Å². The van der Waals surface area contributed by atoms with Gasteiger partial charge in [-0.25, -0.2) is 0 Å². The van der Waals surface area contributed by atoms with Crippen LogP contribution < -0.4 is 0 Å². The first kappa shape index (κ1) is 14.7. The van der Waals surface area contributed by atoms with Crippen LogP contribution in [-0.4, -0.2) is 27.7 Å².